The van der Waals surface area contributed by atoms with Gasteiger partial charge in [-0.15, -0.1) is 0 Å². The smallest absolute Gasteiger partial charge is 0.341 e. The van der Waals surface area contributed by atoms with Crippen LogP contribution in [0, 0.1) is 0 Å². The van der Waals surface area contributed by atoms with Crippen molar-refractivity contribution < 1.29 is 9.53 Å². The van der Waals surface area contributed by atoms with Gasteiger partial charge >= 0.3 is 5.97 Å². The highest BCUT2D eigenvalue weighted by atomic mass is 16.5. The molecule has 0 spiro atoms. The third-order valence-corrected chi connectivity index (χ3v) is 5.41. The molecule has 3 aliphatic heterocycles. The summed E-state index contributed by atoms with van der Waals surface area (Å²) in [6.07, 6.45) is 3.46. The lowest BCUT2D eigenvalue weighted by Gasteiger charge is -2.34. The van der Waals surface area contributed by atoms with Crippen LogP contribution in [0.25, 0.3) is 11.3 Å². The third kappa shape index (κ3) is 4.38. The highest BCUT2D eigenvalue weighted by molar-refractivity contribution is 5.95. The number of nitrogens with zero attached hydrogens (tertiary/aromatic N) is 4. The summed E-state index contributed by atoms with van der Waals surface area (Å²) in [6, 6.07) is 10.5. The van der Waals surface area contributed by atoms with Crippen LogP contribution in [0.15, 0.2) is 47.5 Å². The van der Waals surface area contributed by atoms with Crippen LogP contribution < -0.4 is 5.56 Å². The number of piperazine rings is 1. The number of esters is 1. The summed E-state index contributed by atoms with van der Waals surface area (Å²) < 4.78 is 6.72. The van der Waals surface area contributed by atoms with Crippen molar-refractivity contribution in [1.82, 2.24) is 24.6 Å². The van der Waals surface area contributed by atoms with E-state index in [2.05, 4.69) is 44.3 Å². The Morgan fingerprint density at radius 3 is 2.52 bits per heavy atom. The molecule has 0 bridgehead atoms. The molecule has 0 radical (unpaired) electrons. The van der Waals surface area contributed by atoms with Gasteiger partial charge in [0.1, 0.15) is 11.3 Å². The Balaban J connectivity index is 1.37. The van der Waals surface area contributed by atoms with Crippen molar-refractivity contribution in [3.05, 3.63) is 64.2 Å². The maximum absolute atomic E-state index is 12.1. The first-order valence-corrected chi connectivity index (χ1v) is 9.79. The molecule has 8 nitrogen and oxygen atoms in total. The molecule has 1 aromatic rings. The first-order chi connectivity index (χ1) is 14.1. The fourth-order valence-electron chi connectivity index (χ4n) is 3.75. The Labute approximate surface area is 169 Å². The minimum absolute atomic E-state index is 0.297. The Morgan fingerprint density at radius 2 is 1.79 bits per heavy atom. The summed E-state index contributed by atoms with van der Waals surface area (Å²) in [5.74, 6) is -0.495. The van der Waals surface area contributed by atoms with Crippen molar-refractivity contribution in [3.8, 4) is 11.3 Å². The van der Waals surface area contributed by atoms with Crippen LogP contribution in [0.1, 0.15) is 15.9 Å². The number of aromatic amines is 1. The zero-order valence-corrected chi connectivity index (χ0v) is 16.5. The Morgan fingerprint density at radius 1 is 1.07 bits per heavy atom. The van der Waals surface area contributed by atoms with E-state index in [1.165, 1.54) is 12.7 Å². The SMILES string of the molecule is COC(=O)c1cn(CCN2CCN(Cc3ccccc3)CC2)cc2c(=O)[nH]nc1-2. The Hall–Kier alpha value is -2.97. The number of hydrogen-bond acceptors (Lipinski definition) is 6. The molecular weight excluding hydrogens is 370 g/mol. The van der Waals surface area contributed by atoms with Crippen LogP contribution in [0.4, 0.5) is 0 Å². The van der Waals surface area contributed by atoms with Crippen molar-refractivity contribution in [2.75, 3.05) is 39.8 Å². The van der Waals surface area contributed by atoms with E-state index in [1.54, 1.807) is 12.4 Å². The number of benzene rings is 1. The predicted molar refractivity (Wildman–Crippen MR) is 109 cm³/mol. The van der Waals surface area contributed by atoms with Gasteiger partial charge in [-0.2, -0.15) is 5.10 Å². The van der Waals surface area contributed by atoms with Crippen molar-refractivity contribution in [2.45, 2.75) is 13.1 Å². The molecule has 1 saturated heterocycles. The van der Waals surface area contributed by atoms with Gasteiger partial charge in [-0.25, -0.2) is 9.89 Å². The summed E-state index contributed by atoms with van der Waals surface area (Å²) in [7, 11) is 1.32. The lowest BCUT2D eigenvalue weighted by Crippen LogP contribution is -2.46. The number of carbonyl (C=O) groups is 1. The Kier molecular flexibility index (Phi) is 5.73. The number of fused-ring (bicyclic) bond motifs is 1. The molecule has 3 aliphatic rings. The van der Waals surface area contributed by atoms with Crippen molar-refractivity contribution in [2.24, 2.45) is 0 Å². The molecule has 1 fully saturated rings. The fourth-order valence-corrected chi connectivity index (χ4v) is 3.75. The van der Waals surface area contributed by atoms with Gasteiger partial charge < -0.3 is 9.30 Å². The molecule has 0 aliphatic carbocycles. The predicted octanol–water partition coefficient (Wildman–Crippen LogP) is 1.28. The molecule has 1 aromatic carbocycles. The minimum Gasteiger partial charge on any atom is -0.465 e. The van der Waals surface area contributed by atoms with Crippen LogP contribution in [0.2, 0.25) is 0 Å². The molecule has 1 N–H and O–H groups in total. The molecule has 29 heavy (non-hydrogen) atoms. The number of carbonyl (C=O) groups excluding carboxylic acids is 1. The lowest BCUT2D eigenvalue weighted by atomic mass is 10.1. The topological polar surface area (TPSA) is 83.5 Å². The largest absolute Gasteiger partial charge is 0.465 e. The highest BCUT2D eigenvalue weighted by Crippen LogP contribution is 2.20. The molecular formula is C21H25N5O3. The number of nitrogens with one attached hydrogen (secondary N) is 1. The standard InChI is InChI=1S/C21H25N5O3/c1-29-21(28)18-15-26(14-17-19(18)22-23-20(17)27)12-9-24-7-10-25(11-8-24)13-16-5-3-2-4-6-16/h2-6,14-15H,7-13H2,1H3,(H,23,27). The molecule has 0 amide bonds. The molecule has 152 valence electrons. The number of methoxy groups -OCH3 is 1. The summed E-state index contributed by atoms with van der Waals surface area (Å²) in [4.78, 5) is 28.9. The lowest BCUT2D eigenvalue weighted by molar-refractivity contribution is 0.0600. The third-order valence-electron chi connectivity index (χ3n) is 5.41. The van der Waals surface area contributed by atoms with E-state index < -0.39 is 5.97 Å². The fraction of sp³-hybridized carbons (Fsp3) is 0.381. The summed E-state index contributed by atoms with van der Waals surface area (Å²) >= 11 is 0. The van der Waals surface area contributed by atoms with Gasteiger partial charge in [-0.05, 0) is 5.56 Å². The first-order valence-electron chi connectivity index (χ1n) is 9.79. The second-order valence-corrected chi connectivity index (χ2v) is 7.32. The van der Waals surface area contributed by atoms with E-state index in [9.17, 15) is 9.59 Å². The van der Waals surface area contributed by atoms with E-state index in [1.807, 2.05) is 10.6 Å². The number of H-pyrrole nitrogens is 1. The zero-order valence-electron chi connectivity index (χ0n) is 16.5. The van der Waals surface area contributed by atoms with Gasteiger partial charge in [0, 0.05) is 58.2 Å². The highest BCUT2D eigenvalue weighted by Gasteiger charge is 2.22. The molecule has 0 atom stereocenters. The van der Waals surface area contributed by atoms with E-state index in [4.69, 9.17) is 4.74 Å². The minimum atomic E-state index is -0.495. The van der Waals surface area contributed by atoms with E-state index in [0.29, 0.717) is 23.4 Å². The van der Waals surface area contributed by atoms with E-state index in [0.717, 1.165) is 39.3 Å². The number of hydrogen-bond donors (Lipinski definition) is 1. The average molecular weight is 395 g/mol. The van der Waals surface area contributed by atoms with Crippen molar-refractivity contribution in [1.29, 1.82) is 0 Å². The number of pyridine rings is 1. The summed E-state index contributed by atoms with van der Waals surface area (Å²) in [5, 5.41) is 6.36. The quantitative estimate of drug-likeness (QED) is 0.633. The van der Waals surface area contributed by atoms with Crippen LogP contribution in [-0.4, -0.2) is 70.4 Å². The van der Waals surface area contributed by atoms with Gasteiger partial charge in [0.2, 0.25) is 0 Å². The van der Waals surface area contributed by atoms with Gasteiger partial charge in [0.05, 0.1) is 12.7 Å². The van der Waals surface area contributed by atoms with Crippen molar-refractivity contribution >= 4 is 5.97 Å². The van der Waals surface area contributed by atoms with Crippen molar-refractivity contribution in [3.63, 3.8) is 0 Å². The normalized spacial score (nSPS) is 15.6. The molecule has 8 heteroatoms. The van der Waals surface area contributed by atoms with E-state index >= 15 is 0 Å². The number of ether oxygens (including phenoxy) is 1. The first kappa shape index (κ1) is 19.4. The molecule has 4 rings (SSSR count). The molecule has 3 heterocycles. The summed E-state index contributed by atoms with van der Waals surface area (Å²) in [6.45, 7) is 6.56. The van der Waals surface area contributed by atoms with E-state index in [-0.39, 0.29) is 5.56 Å². The number of rotatable bonds is 6. The monoisotopic (exact) mass is 395 g/mol. The van der Waals surface area contributed by atoms with Gasteiger partial charge in [0.25, 0.3) is 5.56 Å². The van der Waals surface area contributed by atoms with Gasteiger partial charge in [-0.1, -0.05) is 30.3 Å². The second kappa shape index (κ2) is 8.59. The van der Waals surface area contributed by atoms with Crippen LogP contribution in [-0.2, 0) is 17.8 Å². The maximum atomic E-state index is 12.1. The average Bonchev–Trinajstić information content (AvgIpc) is 3.13. The van der Waals surface area contributed by atoms with Gasteiger partial charge in [-0.3, -0.25) is 14.6 Å². The number of aromatic nitrogens is 3. The molecule has 0 unspecified atom stereocenters. The second-order valence-electron chi connectivity index (χ2n) is 7.32. The Bertz CT molecular complexity index is 989. The van der Waals surface area contributed by atoms with Gasteiger partial charge in [0.15, 0.2) is 0 Å². The molecule has 0 saturated carbocycles. The summed E-state index contributed by atoms with van der Waals surface area (Å²) in [5.41, 5.74) is 2.10. The van der Waals surface area contributed by atoms with Crippen LogP contribution in [0.3, 0.4) is 0 Å². The maximum Gasteiger partial charge on any atom is 0.341 e. The van der Waals surface area contributed by atoms with Crippen LogP contribution in [0.5, 0.6) is 0 Å². The zero-order chi connectivity index (χ0) is 20.2. The van der Waals surface area contributed by atoms with Crippen LogP contribution >= 0.6 is 0 Å². The molecule has 0 aromatic heterocycles.